The van der Waals surface area contributed by atoms with Crippen molar-refractivity contribution in [2.75, 3.05) is 5.73 Å². The maximum absolute atomic E-state index is 5.92. The van der Waals surface area contributed by atoms with Crippen LogP contribution in [0.15, 0.2) is 36.5 Å². The van der Waals surface area contributed by atoms with Gasteiger partial charge in [0, 0.05) is 6.20 Å². The summed E-state index contributed by atoms with van der Waals surface area (Å²) in [5, 5.41) is 8.27. The van der Waals surface area contributed by atoms with Gasteiger partial charge in [-0.25, -0.2) is 0 Å². The zero-order valence-corrected chi connectivity index (χ0v) is 11.5. The number of anilines is 1. The lowest BCUT2D eigenvalue weighted by Gasteiger charge is -2.06. The fourth-order valence-electron chi connectivity index (χ4n) is 1.98. The normalized spacial score (nSPS) is 10.9. The lowest BCUT2D eigenvalue weighted by molar-refractivity contribution is 0.294. The highest BCUT2D eigenvalue weighted by Crippen LogP contribution is 2.16. The molecular weight excluding hydrogens is 252 g/mol. The van der Waals surface area contributed by atoms with Crippen molar-refractivity contribution in [2.24, 2.45) is 0 Å². The maximum atomic E-state index is 5.92. The number of rotatable bonds is 3. The molecule has 3 aromatic rings. The van der Waals surface area contributed by atoms with Crippen LogP contribution in [0.5, 0.6) is 5.75 Å². The molecule has 0 radical (unpaired) electrons. The smallest absolute Gasteiger partial charge is 0.175 e. The second kappa shape index (κ2) is 4.85. The standard InChI is InChI=1S/C15H16N4O/c1-10-3-5-12(6-4-10)20-9-15-18-17-14-7-11(2)13(16)8-19(14)15/h3-8H,9,16H2,1-2H3. The highest BCUT2D eigenvalue weighted by molar-refractivity contribution is 5.53. The molecule has 0 aliphatic carbocycles. The fourth-order valence-corrected chi connectivity index (χ4v) is 1.98. The largest absolute Gasteiger partial charge is 0.486 e. The van der Waals surface area contributed by atoms with Gasteiger partial charge in [0.2, 0.25) is 0 Å². The Labute approximate surface area is 117 Å². The molecule has 3 rings (SSSR count). The Morgan fingerprint density at radius 2 is 1.90 bits per heavy atom. The SMILES string of the molecule is Cc1ccc(OCc2nnc3cc(C)c(N)cn23)cc1. The second-order valence-corrected chi connectivity index (χ2v) is 4.86. The first kappa shape index (κ1) is 12.5. The van der Waals surface area contributed by atoms with Gasteiger partial charge in [-0.3, -0.25) is 4.40 Å². The summed E-state index contributed by atoms with van der Waals surface area (Å²) in [6, 6.07) is 9.82. The Morgan fingerprint density at radius 1 is 1.15 bits per heavy atom. The third kappa shape index (κ3) is 2.30. The molecule has 2 N–H and O–H groups in total. The first-order valence-corrected chi connectivity index (χ1v) is 6.43. The highest BCUT2D eigenvalue weighted by Gasteiger charge is 2.08. The summed E-state index contributed by atoms with van der Waals surface area (Å²) in [6.45, 7) is 4.35. The van der Waals surface area contributed by atoms with Gasteiger partial charge < -0.3 is 10.5 Å². The molecule has 0 unspecified atom stereocenters. The molecule has 20 heavy (non-hydrogen) atoms. The molecule has 5 nitrogen and oxygen atoms in total. The summed E-state index contributed by atoms with van der Waals surface area (Å²) in [5.41, 5.74) is 9.61. The second-order valence-electron chi connectivity index (χ2n) is 4.86. The summed E-state index contributed by atoms with van der Waals surface area (Å²) in [6.07, 6.45) is 1.83. The number of aromatic nitrogens is 3. The Balaban J connectivity index is 1.84. The highest BCUT2D eigenvalue weighted by atomic mass is 16.5. The van der Waals surface area contributed by atoms with Crippen LogP contribution in [0.2, 0.25) is 0 Å². The minimum Gasteiger partial charge on any atom is -0.486 e. The number of benzene rings is 1. The molecule has 2 aromatic heterocycles. The van der Waals surface area contributed by atoms with Crippen LogP contribution in [0.1, 0.15) is 17.0 Å². The zero-order chi connectivity index (χ0) is 14.1. The van der Waals surface area contributed by atoms with E-state index < -0.39 is 0 Å². The van der Waals surface area contributed by atoms with E-state index in [0.29, 0.717) is 12.3 Å². The maximum Gasteiger partial charge on any atom is 0.175 e. The van der Waals surface area contributed by atoms with Crippen molar-refractivity contribution in [3.63, 3.8) is 0 Å². The van der Waals surface area contributed by atoms with Crippen molar-refractivity contribution in [2.45, 2.75) is 20.5 Å². The number of hydrogen-bond donors (Lipinski definition) is 1. The first-order valence-electron chi connectivity index (χ1n) is 6.43. The van der Waals surface area contributed by atoms with E-state index in [1.165, 1.54) is 5.56 Å². The van der Waals surface area contributed by atoms with Crippen LogP contribution in [-0.4, -0.2) is 14.6 Å². The molecule has 0 fully saturated rings. The van der Waals surface area contributed by atoms with Gasteiger partial charge in [0.15, 0.2) is 11.5 Å². The van der Waals surface area contributed by atoms with E-state index in [4.69, 9.17) is 10.5 Å². The van der Waals surface area contributed by atoms with E-state index in [2.05, 4.69) is 10.2 Å². The lowest BCUT2D eigenvalue weighted by atomic mass is 10.2. The molecule has 0 saturated carbocycles. The van der Waals surface area contributed by atoms with Gasteiger partial charge in [-0.15, -0.1) is 10.2 Å². The number of nitrogens with zero attached hydrogens (tertiary/aromatic N) is 3. The summed E-state index contributed by atoms with van der Waals surface area (Å²) in [4.78, 5) is 0. The minimum absolute atomic E-state index is 0.354. The molecular formula is C15H16N4O. The van der Waals surface area contributed by atoms with Crippen molar-refractivity contribution >= 4 is 11.3 Å². The Kier molecular flexibility index (Phi) is 3.02. The van der Waals surface area contributed by atoms with Crippen LogP contribution in [0.3, 0.4) is 0 Å². The van der Waals surface area contributed by atoms with Crippen LogP contribution >= 0.6 is 0 Å². The molecule has 0 spiro atoms. The molecule has 0 saturated heterocycles. The molecule has 0 aliphatic heterocycles. The number of pyridine rings is 1. The number of ether oxygens (including phenoxy) is 1. The minimum atomic E-state index is 0.354. The van der Waals surface area contributed by atoms with Crippen molar-refractivity contribution in [3.05, 3.63) is 53.5 Å². The number of hydrogen-bond acceptors (Lipinski definition) is 4. The Hall–Kier alpha value is -2.56. The van der Waals surface area contributed by atoms with Gasteiger partial charge >= 0.3 is 0 Å². The average molecular weight is 268 g/mol. The van der Waals surface area contributed by atoms with Gasteiger partial charge in [0.25, 0.3) is 0 Å². The number of nitrogens with two attached hydrogens (primary N) is 1. The lowest BCUT2D eigenvalue weighted by Crippen LogP contribution is -2.03. The molecule has 2 heterocycles. The van der Waals surface area contributed by atoms with E-state index in [1.54, 1.807) is 0 Å². The molecule has 0 atom stereocenters. The van der Waals surface area contributed by atoms with Crippen molar-refractivity contribution in [1.82, 2.24) is 14.6 Å². The number of fused-ring (bicyclic) bond motifs is 1. The Morgan fingerprint density at radius 3 is 2.65 bits per heavy atom. The quantitative estimate of drug-likeness (QED) is 0.792. The van der Waals surface area contributed by atoms with Crippen LogP contribution in [0.25, 0.3) is 5.65 Å². The van der Waals surface area contributed by atoms with E-state index >= 15 is 0 Å². The monoisotopic (exact) mass is 268 g/mol. The third-order valence-electron chi connectivity index (χ3n) is 3.25. The van der Waals surface area contributed by atoms with E-state index in [9.17, 15) is 0 Å². The first-order chi connectivity index (χ1) is 9.63. The van der Waals surface area contributed by atoms with Gasteiger partial charge in [0.05, 0.1) is 5.69 Å². The molecule has 0 amide bonds. The van der Waals surface area contributed by atoms with Gasteiger partial charge in [0.1, 0.15) is 12.4 Å². The van der Waals surface area contributed by atoms with Crippen LogP contribution in [0.4, 0.5) is 5.69 Å². The number of nitrogen functional groups attached to an aromatic ring is 1. The summed E-state index contributed by atoms with van der Waals surface area (Å²) < 4.78 is 7.58. The van der Waals surface area contributed by atoms with E-state index in [-0.39, 0.29) is 0 Å². The predicted octanol–water partition coefficient (Wildman–Crippen LogP) is 2.51. The third-order valence-corrected chi connectivity index (χ3v) is 3.25. The summed E-state index contributed by atoms with van der Waals surface area (Å²) in [7, 11) is 0. The Bertz CT molecular complexity index is 746. The van der Waals surface area contributed by atoms with Gasteiger partial charge in [-0.05, 0) is 37.6 Å². The zero-order valence-electron chi connectivity index (χ0n) is 11.5. The molecule has 0 aliphatic rings. The van der Waals surface area contributed by atoms with Crippen LogP contribution < -0.4 is 10.5 Å². The van der Waals surface area contributed by atoms with Crippen molar-refractivity contribution in [3.8, 4) is 5.75 Å². The summed E-state index contributed by atoms with van der Waals surface area (Å²) in [5.74, 6) is 1.54. The predicted molar refractivity (Wildman–Crippen MR) is 77.6 cm³/mol. The van der Waals surface area contributed by atoms with E-state index in [0.717, 1.165) is 22.8 Å². The number of aryl methyl sites for hydroxylation is 2. The van der Waals surface area contributed by atoms with Gasteiger partial charge in [-0.2, -0.15) is 0 Å². The van der Waals surface area contributed by atoms with Crippen molar-refractivity contribution < 1.29 is 4.74 Å². The van der Waals surface area contributed by atoms with Gasteiger partial charge in [-0.1, -0.05) is 17.7 Å². The van der Waals surface area contributed by atoms with Crippen LogP contribution in [0, 0.1) is 13.8 Å². The summed E-state index contributed by atoms with van der Waals surface area (Å²) >= 11 is 0. The molecule has 0 bridgehead atoms. The molecule has 1 aromatic carbocycles. The van der Waals surface area contributed by atoms with Crippen molar-refractivity contribution in [1.29, 1.82) is 0 Å². The van der Waals surface area contributed by atoms with Crippen LogP contribution in [-0.2, 0) is 6.61 Å². The fraction of sp³-hybridized carbons (Fsp3) is 0.200. The van der Waals surface area contributed by atoms with E-state index in [1.807, 2.05) is 54.8 Å². The average Bonchev–Trinajstić information content (AvgIpc) is 2.81. The topological polar surface area (TPSA) is 65.4 Å². The molecule has 5 heteroatoms. The molecule has 102 valence electrons.